The van der Waals surface area contributed by atoms with E-state index in [2.05, 4.69) is 30.5 Å². The summed E-state index contributed by atoms with van der Waals surface area (Å²) in [6, 6.07) is 8.33. The third-order valence-electron chi connectivity index (χ3n) is 2.52. The highest BCUT2D eigenvalue weighted by atomic mass is 32.1. The quantitative estimate of drug-likeness (QED) is 0.883. The number of methoxy groups -OCH3 is 1. The molecule has 0 aliphatic carbocycles. The number of thiophene rings is 1. The van der Waals surface area contributed by atoms with Crippen molar-refractivity contribution in [3.8, 4) is 16.9 Å². The molecule has 1 aromatic carbocycles. The molecule has 0 aliphatic heterocycles. The maximum Gasteiger partial charge on any atom is 0.126 e. The number of hydrogen-bond acceptors (Lipinski definition) is 3. The van der Waals surface area contributed by atoms with Crippen LogP contribution in [0.4, 0.5) is 0 Å². The van der Waals surface area contributed by atoms with Crippen molar-refractivity contribution in [2.45, 2.75) is 13.5 Å². The summed E-state index contributed by atoms with van der Waals surface area (Å²) in [5.74, 6) is 0.909. The Hall–Kier alpha value is -1.32. The molecule has 0 spiro atoms. The maximum absolute atomic E-state index is 5.62. The lowest BCUT2D eigenvalue weighted by molar-refractivity contribution is 0.416. The molecule has 1 aromatic heterocycles. The fourth-order valence-corrected chi connectivity index (χ4v) is 2.44. The molecule has 0 amide bonds. The van der Waals surface area contributed by atoms with Crippen molar-refractivity contribution in [2.24, 2.45) is 5.73 Å². The first-order valence-electron chi connectivity index (χ1n) is 5.17. The van der Waals surface area contributed by atoms with Crippen molar-refractivity contribution in [2.75, 3.05) is 7.11 Å². The molecule has 2 aromatic rings. The zero-order chi connectivity index (χ0) is 11.5. The van der Waals surface area contributed by atoms with Gasteiger partial charge in [0.25, 0.3) is 0 Å². The van der Waals surface area contributed by atoms with Gasteiger partial charge in [-0.25, -0.2) is 0 Å². The van der Waals surface area contributed by atoms with Crippen molar-refractivity contribution >= 4 is 11.3 Å². The van der Waals surface area contributed by atoms with Crippen molar-refractivity contribution in [3.63, 3.8) is 0 Å². The Bertz CT molecular complexity index is 490. The Morgan fingerprint density at radius 2 is 2.12 bits per heavy atom. The number of ether oxygens (including phenoxy) is 1. The molecular weight excluding hydrogens is 218 g/mol. The zero-order valence-corrected chi connectivity index (χ0v) is 10.3. The van der Waals surface area contributed by atoms with Crippen molar-refractivity contribution in [1.29, 1.82) is 0 Å². The summed E-state index contributed by atoms with van der Waals surface area (Å²) < 4.78 is 5.37. The van der Waals surface area contributed by atoms with Gasteiger partial charge in [0, 0.05) is 17.0 Å². The smallest absolute Gasteiger partial charge is 0.126 e. The summed E-state index contributed by atoms with van der Waals surface area (Å²) in [5.41, 5.74) is 9.18. The van der Waals surface area contributed by atoms with E-state index in [9.17, 15) is 0 Å². The van der Waals surface area contributed by atoms with E-state index in [0.29, 0.717) is 6.54 Å². The average Bonchev–Trinajstić information content (AvgIpc) is 2.77. The summed E-state index contributed by atoms with van der Waals surface area (Å²) in [6.45, 7) is 2.68. The van der Waals surface area contributed by atoms with Crippen LogP contribution in [-0.4, -0.2) is 7.11 Å². The molecule has 2 nitrogen and oxygen atoms in total. The number of hydrogen-bond donors (Lipinski definition) is 1. The van der Waals surface area contributed by atoms with E-state index in [1.165, 1.54) is 16.0 Å². The summed E-state index contributed by atoms with van der Waals surface area (Å²) in [6.07, 6.45) is 0. The molecule has 2 rings (SSSR count). The fraction of sp³-hybridized carbons (Fsp3) is 0.231. The van der Waals surface area contributed by atoms with Gasteiger partial charge in [0.05, 0.1) is 7.11 Å². The highest BCUT2D eigenvalue weighted by Crippen LogP contribution is 2.33. The van der Waals surface area contributed by atoms with Crippen LogP contribution >= 0.6 is 11.3 Å². The van der Waals surface area contributed by atoms with E-state index in [-0.39, 0.29) is 0 Å². The SMILES string of the molecule is COc1ccc(C)cc1-c1csc(CN)c1. The largest absolute Gasteiger partial charge is 0.496 e. The minimum Gasteiger partial charge on any atom is -0.496 e. The second-order valence-electron chi connectivity index (χ2n) is 3.71. The van der Waals surface area contributed by atoms with Crippen molar-refractivity contribution < 1.29 is 4.74 Å². The van der Waals surface area contributed by atoms with Crippen LogP contribution < -0.4 is 10.5 Å². The highest BCUT2D eigenvalue weighted by molar-refractivity contribution is 7.10. The van der Waals surface area contributed by atoms with Gasteiger partial charge in [-0.3, -0.25) is 0 Å². The van der Waals surface area contributed by atoms with Gasteiger partial charge in [-0.2, -0.15) is 0 Å². The first kappa shape index (κ1) is 11.2. The lowest BCUT2D eigenvalue weighted by Gasteiger charge is -2.07. The number of benzene rings is 1. The summed E-state index contributed by atoms with van der Waals surface area (Å²) in [7, 11) is 1.70. The first-order chi connectivity index (χ1) is 7.74. The monoisotopic (exact) mass is 233 g/mol. The second kappa shape index (κ2) is 4.68. The molecule has 0 saturated heterocycles. The third-order valence-corrected chi connectivity index (χ3v) is 3.48. The van der Waals surface area contributed by atoms with Gasteiger partial charge >= 0.3 is 0 Å². The average molecular weight is 233 g/mol. The van der Waals surface area contributed by atoms with Crippen LogP contribution in [0.1, 0.15) is 10.4 Å². The lowest BCUT2D eigenvalue weighted by Crippen LogP contribution is -1.91. The minimum absolute atomic E-state index is 0.596. The van der Waals surface area contributed by atoms with Gasteiger partial charge in [-0.05, 0) is 36.1 Å². The van der Waals surface area contributed by atoms with Crippen LogP contribution in [0, 0.1) is 6.92 Å². The van der Waals surface area contributed by atoms with E-state index in [0.717, 1.165) is 11.3 Å². The first-order valence-corrected chi connectivity index (χ1v) is 6.05. The Morgan fingerprint density at radius 1 is 1.31 bits per heavy atom. The molecular formula is C13H15NOS. The van der Waals surface area contributed by atoms with E-state index >= 15 is 0 Å². The van der Waals surface area contributed by atoms with Crippen LogP contribution in [-0.2, 0) is 6.54 Å². The molecule has 0 bridgehead atoms. The highest BCUT2D eigenvalue weighted by Gasteiger charge is 2.07. The lowest BCUT2D eigenvalue weighted by atomic mass is 10.0. The van der Waals surface area contributed by atoms with Crippen molar-refractivity contribution in [1.82, 2.24) is 0 Å². The Labute approximate surface area is 99.7 Å². The van der Waals surface area contributed by atoms with E-state index in [1.807, 2.05) is 6.07 Å². The van der Waals surface area contributed by atoms with E-state index < -0.39 is 0 Å². The number of nitrogens with two attached hydrogens (primary N) is 1. The summed E-state index contributed by atoms with van der Waals surface area (Å²) in [5, 5.41) is 2.12. The predicted octanol–water partition coefficient (Wildman–Crippen LogP) is 3.19. The van der Waals surface area contributed by atoms with Gasteiger partial charge < -0.3 is 10.5 Å². The van der Waals surface area contributed by atoms with Gasteiger partial charge in [-0.1, -0.05) is 11.6 Å². The zero-order valence-electron chi connectivity index (χ0n) is 9.49. The van der Waals surface area contributed by atoms with E-state index in [4.69, 9.17) is 10.5 Å². The van der Waals surface area contributed by atoms with Crippen LogP contribution in [0.3, 0.4) is 0 Å². The van der Waals surface area contributed by atoms with Gasteiger partial charge in [0.2, 0.25) is 0 Å². The molecule has 3 heteroatoms. The molecule has 2 N–H and O–H groups in total. The molecule has 84 valence electrons. The molecule has 0 unspecified atom stereocenters. The van der Waals surface area contributed by atoms with Crippen LogP contribution in [0.25, 0.3) is 11.1 Å². The number of aryl methyl sites for hydroxylation is 1. The fourth-order valence-electron chi connectivity index (χ4n) is 1.68. The maximum atomic E-state index is 5.62. The molecule has 0 saturated carbocycles. The van der Waals surface area contributed by atoms with Gasteiger partial charge in [-0.15, -0.1) is 11.3 Å². The predicted molar refractivity (Wildman–Crippen MR) is 68.9 cm³/mol. The Morgan fingerprint density at radius 3 is 2.75 bits per heavy atom. The standard InChI is InChI=1S/C13H15NOS/c1-9-3-4-13(15-2)12(5-9)10-6-11(7-14)16-8-10/h3-6,8H,7,14H2,1-2H3. The van der Waals surface area contributed by atoms with Crippen LogP contribution in [0.5, 0.6) is 5.75 Å². The van der Waals surface area contributed by atoms with Crippen molar-refractivity contribution in [3.05, 3.63) is 40.1 Å². The molecule has 0 atom stereocenters. The minimum atomic E-state index is 0.596. The molecule has 0 radical (unpaired) electrons. The van der Waals surface area contributed by atoms with Gasteiger partial charge in [0.15, 0.2) is 0 Å². The van der Waals surface area contributed by atoms with Crippen LogP contribution in [0.15, 0.2) is 29.6 Å². The molecule has 0 aliphatic rings. The molecule has 16 heavy (non-hydrogen) atoms. The summed E-state index contributed by atoms with van der Waals surface area (Å²) >= 11 is 1.69. The number of rotatable bonds is 3. The molecule has 1 heterocycles. The topological polar surface area (TPSA) is 35.2 Å². The second-order valence-corrected chi connectivity index (χ2v) is 4.71. The summed E-state index contributed by atoms with van der Waals surface area (Å²) in [4.78, 5) is 1.19. The molecule has 0 fully saturated rings. The van der Waals surface area contributed by atoms with Gasteiger partial charge in [0.1, 0.15) is 5.75 Å². The normalized spacial score (nSPS) is 10.4. The Balaban J connectivity index is 2.49. The Kier molecular flexibility index (Phi) is 3.27. The third kappa shape index (κ3) is 2.10. The van der Waals surface area contributed by atoms with Crippen LogP contribution in [0.2, 0.25) is 0 Å². The van der Waals surface area contributed by atoms with E-state index in [1.54, 1.807) is 18.4 Å².